The minimum absolute atomic E-state index is 0.223. The van der Waals surface area contributed by atoms with E-state index < -0.39 is 6.10 Å². The van der Waals surface area contributed by atoms with E-state index in [2.05, 4.69) is 17.2 Å². The highest BCUT2D eigenvalue weighted by molar-refractivity contribution is 7.09. The Labute approximate surface area is 125 Å². The molecule has 0 aliphatic heterocycles. The summed E-state index contributed by atoms with van der Waals surface area (Å²) in [5.74, 6) is 0. The molecule has 1 saturated carbocycles. The summed E-state index contributed by atoms with van der Waals surface area (Å²) in [6.45, 7) is 5.95. The summed E-state index contributed by atoms with van der Waals surface area (Å²) in [5, 5.41) is 13.4. The van der Waals surface area contributed by atoms with Crippen LogP contribution in [0.15, 0.2) is 5.51 Å². The Kier molecular flexibility index (Phi) is 5.96. The molecule has 4 nitrogen and oxygen atoms in total. The average molecular weight is 298 g/mol. The van der Waals surface area contributed by atoms with Crippen LogP contribution in [0.1, 0.15) is 43.2 Å². The SMILES string of the molecule is Cc1ncsc1CCOCC(O)CNC1(C)CCCC1. The Morgan fingerprint density at radius 1 is 1.50 bits per heavy atom. The van der Waals surface area contributed by atoms with Crippen LogP contribution < -0.4 is 5.32 Å². The van der Waals surface area contributed by atoms with Gasteiger partial charge in [0.25, 0.3) is 0 Å². The molecule has 0 bridgehead atoms. The van der Waals surface area contributed by atoms with E-state index >= 15 is 0 Å². The van der Waals surface area contributed by atoms with Crippen LogP contribution in [0.2, 0.25) is 0 Å². The number of aromatic nitrogens is 1. The third kappa shape index (κ3) is 4.81. The molecular formula is C15H26N2O2S. The average Bonchev–Trinajstić information content (AvgIpc) is 3.02. The highest BCUT2D eigenvalue weighted by Gasteiger charge is 2.28. The van der Waals surface area contributed by atoms with Crippen LogP contribution in [0, 0.1) is 6.92 Å². The molecule has 0 aromatic carbocycles. The van der Waals surface area contributed by atoms with Gasteiger partial charge in [-0.3, -0.25) is 0 Å². The first-order valence-electron chi connectivity index (χ1n) is 7.49. The third-order valence-corrected chi connectivity index (χ3v) is 5.09. The molecule has 1 aromatic heterocycles. The molecular weight excluding hydrogens is 272 g/mol. The zero-order valence-corrected chi connectivity index (χ0v) is 13.3. The normalized spacial score (nSPS) is 19.4. The Hall–Kier alpha value is -0.490. The van der Waals surface area contributed by atoms with E-state index in [4.69, 9.17) is 4.74 Å². The summed E-state index contributed by atoms with van der Waals surface area (Å²) in [7, 11) is 0. The van der Waals surface area contributed by atoms with Crippen LogP contribution >= 0.6 is 11.3 Å². The van der Waals surface area contributed by atoms with Crippen molar-refractivity contribution in [3.8, 4) is 0 Å². The Balaban J connectivity index is 1.56. The molecule has 0 radical (unpaired) electrons. The van der Waals surface area contributed by atoms with Gasteiger partial charge in [0.2, 0.25) is 0 Å². The fourth-order valence-corrected chi connectivity index (χ4v) is 3.47. The number of nitrogens with zero attached hydrogens (tertiary/aromatic N) is 1. The van der Waals surface area contributed by atoms with Crippen molar-refractivity contribution in [3.05, 3.63) is 16.1 Å². The van der Waals surface area contributed by atoms with Crippen LogP contribution in [-0.4, -0.2) is 41.5 Å². The lowest BCUT2D eigenvalue weighted by atomic mass is 10.0. The standard InChI is InChI=1S/C15H26N2O2S/c1-12-14(20-11-16-12)5-8-19-10-13(18)9-17-15(2)6-3-4-7-15/h11,13,17-18H,3-10H2,1-2H3. The predicted octanol–water partition coefficient (Wildman–Crippen LogP) is 2.29. The molecule has 1 unspecified atom stereocenters. The Morgan fingerprint density at radius 3 is 2.90 bits per heavy atom. The van der Waals surface area contributed by atoms with Gasteiger partial charge in [-0.15, -0.1) is 11.3 Å². The number of rotatable bonds is 8. The van der Waals surface area contributed by atoms with E-state index in [0.29, 0.717) is 19.8 Å². The molecule has 1 aliphatic carbocycles. The van der Waals surface area contributed by atoms with E-state index in [1.165, 1.54) is 30.6 Å². The van der Waals surface area contributed by atoms with Crippen LogP contribution in [0.4, 0.5) is 0 Å². The zero-order chi connectivity index (χ0) is 14.4. The summed E-state index contributed by atoms with van der Waals surface area (Å²) < 4.78 is 5.56. The number of aryl methyl sites for hydroxylation is 1. The lowest BCUT2D eigenvalue weighted by molar-refractivity contribution is 0.0346. The van der Waals surface area contributed by atoms with E-state index in [-0.39, 0.29) is 5.54 Å². The molecule has 5 heteroatoms. The number of thiazole rings is 1. The van der Waals surface area contributed by atoms with Gasteiger partial charge in [-0.05, 0) is 26.7 Å². The van der Waals surface area contributed by atoms with Gasteiger partial charge < -0.3 is 15.2 Å². The second kappa shape index (κ2) is 7.50. The van der Waals surface area contributed by atoms with Gasteiger partial charge >= 0.3 is 0 Å². The first kappa shape index (κ1) is 15.9. The largest absolute Gasteiger partial charge is 0.389 e. The molecule has 1 atom stereocenters. The van der Waals surface area contributed by atoms with Crippen molar-refractivity contribution in [1.29, 1.82) is 0 Å². The number of ether oxygens (including phenoxy) is 1. The lowest BCUT2D eigenvalue weighted by Crippen LogP contribution is -2.44. The van der Waals surface area contributed by atoms with Gasteiger partial charge in [0.1, 0.15) is 0 Å². The third-order valence-electron chi connectivity index (χ3n) is 4.10. The maximum absolute atomic E-state index is 9.94. The molecule has 1 fully saturated rings. The topological polar surface area (TPSA) is 54.4 Å². The van der Waals surface area contributed by atoms with E-state index in [1.807, 2.05) is 12.4 Å². The number of aliphatic hydroxyl groups is 1. The van der Waals surface area contributed by atoms with Crippen LogP contribution in [0.5, 0.6) is 0 Å². The first-order chi connectivity index (χ1) is 9.59. The lowest BCUT2D eigenvalue weighted by Gasteiger charge is -2.27. The minimum atomic E-state index is -0.421. The summed E-state index contributed by atoms with van der Waals surface area (Å²) in [6.07, 6.45) is 5.48. The van der Waals surface area contributed by atoms with Crippen molar-refractivity contribution in [3.63, 3.8) is 0 Å². The quantitative estimate of drug-likeness (QED) is 0.723. The molecule has 1 aliphatic rings. The summed E-state index contributed by atoms with van der Waals surface area (Å²) in [5.41, 5.74) is 3.18. The molecule has 114 valence electrons. The van der Waals surface area contributed by atoms with E-state index in [1.54, 1.807) is 11.3 Å². The maximum Gasteiger partial charge on any atom is 0.0897 e. The van der Waals surface area contributed by atoms with Crippen molar-refractivity contribution < 1.29 is 9.84 Å². The fourth-order valence-electron chi connectivity index (χ4n) is 2.71. The molecule has 20 heavy (non-hydrogen) atoms. The van der Waals surface area contributed by atoms with Crippen LogP contribution in [0.25, 0.3) is 0 Å². The van der Waals surface area contributed by atoms with Crippen molar-refractivity contribution in [2.75, 3.05) is 19.8 Å². The van der Waals surface area contributed by atoms with Crippen molar-refractivity contribution >= 4 is 11.3 Å². The van der Waals surface area contributed by atoms with E-state index in [9.17, 15) is 5.11 Å². The summed E-state index contributed by atoms with van der Waals surface area (Å²) in [6, 6.07) is 0. The van der Waals surface area contributed by atoms with Gasteiger partial charge in [0, 0.05) is 23.4 Å². The highest BCUT2D eigenvalue weighted by atomic mass is 32.1. The van der Waals surface area contributed by atoms with Crippen LogP contribution in [0.3, 0.4) is 0 Å². The highest BCUT2D eigenvalue weighted by Crippen LogP contribution is 2.28. The molecule has 1 aromatic rings. The van der Waals surface area contributed by atoms with Crippen LogP contribution in [-0.2, 0) is 11.2 Å². The van der Waals surface area contributed by atoms with Gasteiger partial charge in [-0.1, -0.05) is 12.8 Å². The van der Waals surface area contributed by atoms with Crippen molar-refractivity contribution in [2.45, 2.75) is 57.6 Å². The Morgan fingerprint density at radius 2 is 2.25 bits per heavy atom. The second-order valence-electron chi connectivity index (χ2n) is 5.99. The van der Waals surface area contributed by atoms with Gasteiger partial charge in [-0.2, -0.15) is 0 Å². The number of hydrogen-bond acceptors (Lipinski definition) is 5. The number of hydrogen-bond donors (Lipinski definition) is 2. The van der Waals surface area contributed by atoms with Gasteiger partial charge in [-0.25, -0.2) is 4.98 Å². The monoisotopic (exact) mass is 298 g/mol. The summed E-state index contributed by atoms with van der Waals surface area (Å²) >= 11 is 1.67. The maximum atomic E-state index is 9.94. The van der Waals surface area contributed by atoms with Crippen molar-refractivity contribution in [1.82, 2.24) is 10.3 Å². The summed E-state index contributed by atoms with van der Waals surface area (Å²) in [4.78, 5) is 5.49. The first-order valence-corrected chi connectivity index (χ1v) is 8.37. The molecule has 1 heterocycles. The number of aliphatic hydroxyl groups excluding tert-OH is 1. The molecule has 2 N–H and O–H groups in total. The van der Waals surface area contributed by atoms with Crippen molar-refractivity contribution in [2.24, 2.45) is 0 Å². The fraction of sp³-hybridized carbons (Fsp3) is 0.800. The Bertz CT molecular complexity index is 402. The molecule has 0 spiro atoms. The predicted molar refractivity (Wildman–Crippen MR) is 82.3 cm³/mol. The number of β-amino-alcohol motifs (C(OH)–C–C–N with tert-alkyl or cyclic N) is 1. The second-order valence-corrected chi connectivity index (χ2v) is 6.93. The molecule has 0 saturated heterocycles. The smallest absolute Gasteiger partial charge is 0.0897 e. The van der Waals surface area contributed by atoms with Gasteiger partial charge in [0.15, 0.2) is 0 Å². The minimum Gasteiger partial charge on any atom is -0.389 e. The van der Waals surface area contributed by atoms with E-state index in [0.717, 1.165) is 12.1 Å². The molecule has 2 rings (SSSR count). The van der Waals surface area contributed by atoms with Gasteiger partial charge in [0.05, 0.1) is 30.5 Å². The number of nitrogens with one attached hydrogen (secondary N) is 1. The molecule has 0 amide bonds. The zero-order valence-electron chi connectivity index (χ0n) is 12.5.